The van der Waals surface area contributed by atoms with Gasteiger partial charge in [0.05, 0.1) is 4.92 Å². The van der Waals surface area contributed by atoms with Crippen LogP contribution in [0.1, 0.15) is 5.56 Å². The Kier molecular flexibility index (Phi) is 5.60. The number of carbonyl (C=O) groups is 1. The summed E-state index contributed by atoms with van der Waals surface area (Å²) in [5, 5.41) is 14.5. The molecular formula is C15H9Cl3N2O3. The minimum atomic E-state index is -0.624. The lowest BCUT2D eigenvalue weighted by atomic mass is 10.2. The number of carbonyl (C=O) groups excluding carboxylic acids is 1. The van der Waals surface area contributed by atoms with Gasteiger partial charge in [0, 0.05) is 27.2 Å². The van der Waals surface area contributed by atoms with Gasteiger partial charge in [0.25, 0.3) is 5.69 Å². The summed E-state index contributed by atoms with van der Waals surface area (Å²) in [6.07, 6.45) is 2.70. The maximum absolute atomic E-state index is 11.9. The summed E-state index contributed by atoms with van der Waals surface area (Å²) in [4.78, 5) is 22.2. The van der Waals surface area contributed by atoms with Crippen LogP contribution in [-0.4, -0.2) is 10.8 Å². The highest BCUT2D eigenvalue weighted by atomic mass is 35.5. The van der Waals surface area contributed by atoms with Crippen molar-refractivity contribution in [2.75, 3.05) is 5.32 Å². The Labute approximate surface area is 146 Å². The summed E-state index contributed by atoms with van der Waals surface area (Å²) in [6, 6.07) is 8.81. The third-order valence-corrected chi connectivity index (χ3v) is 3.59. The molecule has 0 radical (unpaired) electrons. The second kappa shape index (κ2) is 7.46. The van der Waals surface area contributed by atoms with Crippen LogP contribution in [0.25, 0.3) is 6.08 Å². The number of rotatable bonds is 4. The highest BCUT2D eigenvalue weighted by Crippen LogP contribution is 2.28. The molecule has 0 fully saturated rings. The molecule has 2 aromatic rings. The molecular weight excluding hydrogens is 363 g/mol. The topological polar surface area (TPSA) is 72.2 Å². The Bertz CT molecular complexity index is 807. The van der Waals surface area contributed by atoms with Gasteiger partial charge in [-0.05, 0) is 35.9 Å². The van der Waals surface area contributed by atoms with E-state index in [1.807, 2.05) is 0 Å². The molecule has 0 bridgehead atoms. The minimum absolute atomic E-state index is 0.0521. The first-order valence-electron chi connectivity index (χ1n) is 6.25. The van der Waals surface area contributed by atoms with E-state index in [2.05, 4.69) is 5.32 Å². The van der Waals surface area contributed by atoms with Crippen molar-refractivity contribution in [3.8, 4) is 0 Å². The first-order chi connectivity index (χ1) is 10.9. The molecule has 5 nitrogen and oxygen atoms in total. The lowest BCUT2D eigenvalue weighted by Crippen LogP contribution is -2.09. The number of amides is 1. The Morgan fingerprint density at radius 2 is 1.74 bits per heavy atom. The fourth-order valence-corrected chi connectivity index (χ4v) is 2.38. The van der Waals surface area contributed by atoms with E-state index in [-0.39, 0.29) is 16.4 Å². The molecule has 0 saturated heterocycles. The van der Waals surface area contributed by atoms with Crippen LogP contribution in [0.3, 0.4) is 0 Å². The summed E-state index contributed by atoms with van der Waals surface area (Å²) in [5.41, 5.74) is 0.358. The molecule has 0 heterocycles. The van der Waals surface area contributed by atoms with Crippen molar-refractivity contribution in [3.63, 3.8) is 0 Å². The molecule has 0 aliphatic carbocycles. The van der Waals surface area contributed by atoms with Crippen molar-refractivity contribution < 1.29 is 9.72 Å². The largest absolute Gasteiger partial charge is 0.317 e. The Morgan fingerprint density at radius 3 is 2.39 bits per heavy atom. The average Bonchev–Trinajstić information content (AvgIpc) is 2.48. The van der Waals surface area contributed by atoms with Crippen LogP contribution >= 0.6 is 34.8 Å². The van der Waals surface area contributed by atoms with Crippen LogP contribution in [-0.2, 0) is 4.79 Å². The number of nitro benzene ring substituents is 1. The highest BCUT2D eigenvalue weighted by molar-refractivity contribution is 6.35. The molecule has 0 aliphatic heterocycles. The molecule has 1 amide bonds. The molecule has 0 spiro atoms. The summed E-state index contributed by atoms with van der Waals surface area (Å²) in [6.45, 7) is 0. The number of anilines is 1. The van der Waals surface area contributed by atoms with E-state index in [4.69, 9.17) is 34.8 Å². The first kappa shape index (κ1) is 17.3. The van der Waals surface area contributed by atoms with Crippen molar-refractivity contribution in [2.24, 2.45) is 0 Å². The molecule has 2 aromatic carbocycles. The second-order valence-corrected chi connectivity index (χ2v) is 5.69. The van der Waals surface area contributed by atoms with Crippen LogP contribution in [0, 0.1) is 10.1 Å². The number of nitro groups is 1. The number of hydrogen-bond acceptors (Lipinski definition) is 3. The van der Waals surface area contributed by atoms with Crippen LogP contribution in [0.4, 0.5) is 11.4 Å². The Balaban J connectivity index is 2.17. The van der Waals surface area contributed by atoms with E-state index in [0.717, 1.165) is 6.07 Å². The Hall–Kier alpha value is -2.08. The van der Waals surface area contributed by atoms with Gasteiger partial charge in [0.1, 0.15) is 5.69 Å². The molecule has 1 N–H and O–H groups in total. The molecule has 118 valence electrons. The fraction of sp³-hybridized carbons (Fsp3) is 0. The van der Waals surface area contributed by atoms with Gasteiger partial charge >= 0.3 is 0 Å². The van der Waals surface area contributed by atoms with Crippen LogP contribution in [0.2, 0.25) is 15.1 Å². The fourth-order valence-electron chi connectivity index (χ4n) is 1.74. The monoisotopic (exact) mass is 370 g/mol. The number of benzene rings is 2. The summed E-state index contributed by atoms with van der Waals surface area (Å²) in [7, 11) is 0. The number of halogens is 3. The van der Waals surface area contributed by atoms with E-state index in [1.165, 1.54) is 24.3 Å². The predicted octanol–water partition coefficient (Wildman–Crippen LogP) is 5.21. The molecule has 2 rings (SSSR count). The quantitative estimate of drug-likeness (QED) is 0.456. The average molecular weight is 372 g/mol. The van der Waals surface area contributed by atoms with E-state index < -0.39 is 10.8 Å². The molecule has 0 aromatic heterocycles. The smallest absolute Gasteiger partial charge is 0.294 e. The lowest BCUT2D eigenvalue weighted by molar-refractivity contribution is -0.383. The third-order valence-electron chi connectivity index (χ3n) is 2.79. The van der Waals surface area contributed by atoms with Gasteiger partial charge in [-0.15, -0.1) is 0 Å². The lowest BCUT2D eigenvalue weighted by Gasteiger charge is -2.04. The molecule has 8 heteroatoms. The molecule has 0 unspecified atom stereocenters. The summed E-state index contributed by atoms with van der Waals surface area (Å²) < 4.78 is 0. The molecule has 0 aliphatic rings. The van der Waals surface area contributed by atoms with E-state index in [0.29, 0.717) is 15.6 Å². The van der Waals surface area contributed by atoms with E-state index in [9.17, 15) is 14.9 Å². The maximum Gasteiger partial charge on any atom is 0.294 e. The normalized spacial score (nSPS) is 10.7. The highest BCUT2D eigenvalue weighted by Gasteiger charge is 2.15. The molecule has 0 atom stereocenters. The van der Waals surface area contributed by atoms with Crippen molar-refractivity contribution in [1.29, 1.82) is 0 Å². The predicted molar refractivity (Wildman–Crippen MR) is 92.2 cm³/mol. The SMILES string of the molecule is O=C(/C=C/c1ccc(Cl)cc1Cl)Nc1ccc(Cl)cc1[N+](=O)[O-]. The van der Waals surface area contributed by atoms with Gasteiger partial charge in [-0.3, -0.25) is 14.9 Å². The zero-order valence-electron chi connectivity index (χ0n) is 11.4. The summed E-state index contributed by atoms with van der Waals surface area (Å²) >= 11 is 17.5. The van der Waals surface area contributed by atoms with Gasteiger partial charge < -0.3 is 5.32 Å². The van der Waals surface area contributed by atoms with E-state index in [1.54, 1.807) is 18.2 Å². The maximum atomic E-state index is 11.9. The zero-order valence-corrected chi connectivity index (χ0v) is 13.7. The zero-order chi connectivity index (χ0) is 17.0. The first-order valence-corrected chi connectivity index (χ1v) is 7.38. The van der Waals surface area contributed by atoms with Gasteiger partial charge in [-0.1, -0.05) is 40.9 Å². The Morgan fingerprint density at radius 1 is 1.09 bits per heavy atom. The van der Waals surface area contributed by atoms with E-state index >= 15 is 0 Å². The number of hydrogen-bond donors (Lipinski definition) is 1. The van der Waals surface area contributed by atoms with Crippen LogP contribution in [0.15, 0.2) is 42.5 Å². The minimum Gasteiger partial charge on any atom is -0.317 e. The number of nitrogens with zero attached hydrogens (tertiary/aromatic N) is 1. The molecule has 0 saturated carbocycles. The number of nitrogens with one attached hydrogen (secondary N) is 1. The second-order valence-electron chi connectivity index (χ2n) is 4.41. The third kappa shape index (κ3) is 4.69. The van der Waals surface area contributed by atoms with Gasteiger partial charge in [-0.2, -0.15) is 0 Å². The van der Waals surface area contributed by atoms with Crippen LogP contribution in [0.5, 0.6) is 0 Å². The standard InChI is InChI=1S/C15H9Cl3N2O3/c16-10-3-1-9(12(18)7-10)2-6-15(21)19-13-5-4-11(17)8-14(13)20(22)23/h1-8H,(H,19,21)/b6-2+. The summed E-state index contributed by atoms with van der Waals surface area (Å²) in [5.74, 6) is -0.540. The van der Waals surface area contributed by atoms with Crippen molar-refractivity contribution in [2.45, 2.75) is 0 Å². The van der Waals surface area contributed by atoms with Gasteiger partial charge in [0.2, 0.25) is 5.91 Å². The van der Waals surface area contributed by atoms with Crippen molar-refractivity contribution in [3.05, 3.63) is 73.2 Å². The van der Waals surface area contributed by atoms with Gasteiger partial charge in [-0.25, -0.2) is 0 Å². The van der Waals surface area contributed by atoms with Crippen LogP contribution < -0.4 is 5.32 Å². The molecule has 23 heavy (non-hydrogen) atoms. The van der Waals surface area contributed by atoms with Crippen molar-refractivity contribution >= 4 is 58.2 Å². The van der Waals surface area contributed by atoms with Crippen molar-refractivity contribution in [1.82, 2.24) is 0 Å². The van der Waals surface area contributed by atoms with Gasteiger partial charge in [0.15, 0.2) is 0 Å².